The number of aliphatic hydroxyl groups excluding tert-OH is 5. The molecule has 0 aromatic heterocycles. The Morgan fingerprint density at radius 1 is 1.07 bits per heavy atom. The molecular weight excluding hydrogens is 195 g/mol. The van der Waals surface area contributed by atoms with Crippen molar-refractivity contribution in [2.75, 3.05) is 6.61 Å². The first kappa shape index (κ1) is 15.8. The Morgan fingerprint density at radius 3 is 1.79 bits per heavy atom. The minimum Gasteiger partial charge on any atom is -0.479 e. The Kier molecular flexibility index (Phi) is 7.60. The fraction of sp³-hybridized carbons (Fsp3) is 0.833. The molecule has 0 aromatic rings. The number of hydrogen-bond donors (Lipinski definition) is 6. The van der Waals surface area contributed by atoms with Crippen molar-refractivity contribution in [1.29, 1.82) is 0 Å². The van der Waals surface area contributed by atoms with Gasteiger partial charge in [0.25, 0.3) is 0 Å². The minimum absolute atomic E-state index is 0. The molecule has 0 rings (SSSR count). The molecule has 0 saturated heterocycles. The first-order valence-electron chi connectivity index (χ1n) is 3.47. The summed E-state index contributed by atoms with van der Waals surface area (Å²) in [4.78, 5) is 10.1. The van der Waals surface area contributed by atoms with Crippen molar-refractivity contribution in [1.82, 2.24) is 0 Å². The molecule has 4 atom stereocenters. The third-order valence-corrected chi connectivity index (χ3v) is 1.51. The molecule has 0 fully saturated rings. The number of carboxylic acids is 1. The van der Waals surface area contributed by atoms with Crippen LogP contribution in [0.2, 0.25) is 0 Å². The van der Waals surface area contributed by atoms with Gasteiger partial charge in [-0.05, 0) is 0 Å². The maximum absolute atomic E-state index is 10.1. The maximum atomic E-state index is 10.1. The van der Waals surface area contributed by atoms with Crippen molar-refractivity contribution in [2.24, 2.45) is 0 Å². The number of hydrogen-bond acceptors (Lipinski definition) is 6. The average Bonchev–Trinajstić information content (AvgIpc) is 2.12. The van der Waals surface area contributed by atoms with Crippen molar-refractivity contribution >= 4 is 14.4 Å². The zero-order valence-corrected chi connectivity index (χ0v) is 7.19. The summed E-state index contributed by atoms with van der Waals surface area (Å²) in [6.07, 6.45) is -7.84. The molecule has 0 heterocycles. The highest BCUT2D eigenvalue weighted by molar-refractivity contribution is 5.75. The highest BCUT2D eigenvalue weighted by Crippen LogP contribution is 2.04. The highest BCUT2D eigenvalue weighted by atomic mass is 16.4. The quantitative estimate of drug-likeness (QED) is 0.253. The average molecular weight is 207 g/mol. The van der Waals surface area contributed by atoms with Crippen molar-refractivity contribution in [2.45, 2.75) is 24.4 Å². The molecule has 0 bridgehead atoms. The summed E-state index contributed by atoms with van der Waals surface area (Å²) in [5.41, 5.74) is 0. The summed E-state index contributed by atoms with van der Waals surface area (Å²) < 4.78 is 0. The van der Waals surface area contributed by atoms with Crippen LogP contribution in [0.1, 0.15) is 0 Å². The van der Waals surface area contributed by atoms with Crippen LogP contribution in [0.5, 0.6) is 0 Å². The molecule has 0 aromatic carbocycles. The monoisotopic (exact) mass is 207 g/mol. The van der Waals surface area contributed by atoms with E-state index in [2.05, 4.69) is 0 Å². The fourth-order valence-corrected chi connectivity index (χ4v) is 0.668. The summed E-state index contributed by atoms with van der Waals surface area (Å²) >= 11 is 0. The number of carbonyl (C=O) groups is 1. The minimum atomic E-state index is -2.20. The molecule has 4 unspecified atom stereocenters. The molecule has 0 amide bonds. The fourth-order valence-electron chi connectivity index (χ4n) is 0.668. The van der Waals surface area contributed by atoms with Gasteiger partial charge in [0.1, 0.15) is 18.3 Å². The smallest absolute Gasteiger partial charge is 0.335 e. The Hall–Kier alpha value is -0.665. The SMILES string of the molecule is O=C(O)C(O)C(O)C(O)C(O)CO.[B]. The van der Waals surface area contributed by atoms with Crippen LogP contribution in [-0.2, 0) is 4.79 Å². The molecule has 0 saturated carbocycles. The highest BCUT2D eigenvalue weighted by Gasteiger charge is 2.33. The Labute approximate surface area is 81.8 Å². The Morgan fingerprint density at radius 2 is 1.50 bits per heavy atom. The lowest BCUT2D eigenvalue weighted by molar-refractivity contribution is -0.164. The van der Waals surface area contributed by atoms with E-state index in [-0.39, 0.29) is 8.41 Å². The second-order valence-electron chi connectivity index (χ2n) is 2.51. The molecule has 0 spiro atoms. The first-order chi connectivity index (χ1) is 5.91. The molecule has 6 N–H and O–H groups in total. The second-order valence-corrected chi connectivity index (χ2v) is 2.51. The number of rotatable bonds is 5. The molecule has 7 nitrogen and oxygen atoms in total. The van der Waals surface area contributed by atoms with Gasteiger partial charge in [0.05, 0.1) is 6.61 Å². The second kappa shape index (κ2) is 6.74. The van der Waals surface area contributed by atoms with Gasteiger partial charge < -0.3 is 30.6 Å². The standard InChI is InChI=1S/C6H12O7.B/c7-1-2(8)3(9)4(10)5(11)6(12)13;/h2-5,7-11H,1H2,(H,12,13);. The normalized spacial score (nSPS) is 18.9. The van der Waals surface area contributed by atoms with Gasteiger partial charge in [-0.25, -0.2) is 4.79 Å². The van der Waals surface area contributed by atoms with Crippen LogP contribution < -0.4 is 0 Å². The van der Waals surface area contributed by atoms with E-state index < -0.39 is 37.0 Å². The van der Waals surface area contributed by atoms with Crippen LogP contribution in [0, 0.1) is 0 Å². The third-order valence-electron chi connectivity index (χ3n) is 1.51. The first-order valence-corrected chi connectivity index (χ1v) is 3.47. The van der Waals surface area contributed by atoms with E-state index in [1.165, 1.54) is 0 Å². The summed E-state index contributed by atoms with van der Waals surface area (Å²) in [6.45, 7) is -0.843. The Balaban J connectivity index is 0. The van der Waals surface area contributed by atoms with Crippen molar-refractivity contribution in [3.8, 4) is 0 Å². The largest absolute Gasteiger partial charge is 0.479 e. The van der Waals surface area contributed by atoms with E-state index in [4.69, 9.17) is 30.6 Å². The van der Waals surface area contributed by atoms with Crippen LogP contribution in [0.15, 0.2) is 0 Å². The van der Waals surface area contributed by atoms with E-state index in [1.54, 1.807) is 0 Å². The van der Waals surface area contributed by atoms with E-state index in [9.17, 15) is 4.79 Å². The van der Waals surface area contributed by atoms with Gasteiger partial charge in [0.15, 0.2) is 6.10 Å². The van der Waals surface area contributed by atoms with Gasteiger partial charge in [-0.1, -0.05) is 0 Å². The van der Waals surface area contributed by atoms with Crippen LogP contribution >= 0.6 is 0 Å². The molecule has 0 aliphatic heterocycles. The molecule has 14 heavy (non-hydrogen) atoms. The summed E-state index contributed by atoms with van der Waals surface area (Å²) in [6, 6.07) is 0. The molecule has 3 radical (unpaired) electrons. The van der Waals surface area contributed by atoms with E-state index >= 15 is 0 Å². The lowest BCUT2D eigenvalue weighted by Gasteiger charge is -2.23. The molecule has 0 aliphatic carbocycles. The van der Waals surface area contributed by atoms with Crippen molar-refractivity contribution < 1.29 is 35.4 Å². The molecular formula is C6H12BO7. The van der Waals surface area contributed by atoms with Crippen LogP contribution in [0.25, 0.3) is 0 Å². The van der Waals surface area contributed by atoms with E-state index in [1.807, 2.05) is 0 Å². The van der Waals surface area contributed by atoms with E-state index in [0.29, 0.717) is 0 Å². The number of carboxylic acid groups (broad SMARTS) is 1. The predicted molar refractivity (Wildman–Crippen MR) is 44.5 cm³/mol. The molecule has 81 valence electrons. The van der Waals surface area contributed by atoms with Crippen molar-refractivity contribution in [3.63, 3.8) is 0 Å². The number of aliphatic hydroxyl groups is 5. The topological polar surface area (TPSA) is 138 Å². The van der Waals surface area contributed by atoms with Gasteiger partial charge >= 0.3 is 5.97 Å². The van der Waals surface area contributed by atoms with Gasteiger partial charge in [0.2, 0.25) is 0 Å². The van der Waals surface area contributed by atoms with Crippen LogP contribution in [0.3, 0.4) is 0 Å². The maximum Gasteiger partial charge on any atom is 0.335 e. The van der Waals surface area contributed by atoms with Gasteiger partial charge in [-0.15, -0.1) is 0 Å². The zero-order valence-electron chi connectivity index (χ0n) is 7.19. The van der Waals surface area contributed by atoms with Gasteiger partial charge in [0, 0.05) is 8.41 Å². The lowest BCUT2D eigenvalue weighted by Crippen LogP contribution is -2.48. The van der Waals surface area contributed by atoms with E-state index in [0.717, 1.165) is 0 Å². The van der Waals surface area contributed by atoms with Crippen LogP contribution in [0.4, 0.5) is 0 Å². The molecule has 0 aliphatic rings. The number of aliphatic carboxylic acids is 1. The predicted octanol–water partition coefficient (Wildman–Crippen LogP) is -3.87. The summed E-state index contributed by atoms with van der Waals surface area (Å²) in [7, 11) is 0. The van der Waals surface area contributed by atoms with Crippen molar-refractivity contribution in [3.05, 3.63) is 0 Å². The summed E-state index contributed by atoms with van der Waals surface area (Å²) in [5.74, 6) is -1.73. The Bertz CT molecular complexity index is 176. The lowest BCUT2D eigenvalue weighted by atomic mass is 10.0. The molecule has 8 heteroatoms. The summed E-state index contributed by atoms with van der Waals surface area (Å²) in [5, 5.41) is 51.8. The third kappa shape index (κ3) is 4.03. The van der Waals surface area contributed by atoms with Crippen LogP contribution in [-0.4, -0.2) is 76.0 Å². The van der Waals surface area contributed by atoms with Gasteiger partial charge in [-0.3, -0.25) is 0 Å². The van der Waals surface area contributed by atoms with Gasteiger partial charge in [-0.2, -0.15) is 0 Å². The zero-order chi connectivity index (χ0) is 10.6.